The lowest BCUT2D eigenvalue weighted by Crippen LogP contribution is -2.46. The van der Waals surface area contributed by atoms with Crippen molar-refractivity contribution in [1.82, 2.24) is 5.32 Å². The Kier molecular flexibility index (Phi) is 7.63. The van der Waals surface area contributed by atoms with Crippen LogP contribution in [0.3, 0.4) is 0 Å². The Bertz CT molecular complexity index is 300. The Morgan fingerprint density at radius 2 is 1.95 bits per heavy atom. The number of nitrogens with two attached hydrogens (primary N) is 1. The van der Waals surface area contributed by atoms with Gasteiger partial charge in [-0.3, -0.25) is 4.79 Å². The van der Waals surface area contributed by atoms with E-state index in [1.807, 2.05) is 20.8 Å². The lowest BCUT2D eigenvalue weighted by atomic mass is 9.84. The third-order valence-electron chi connectivity index (χ3n) is 2.74. The molecule has 0 spiro atoms. The molecule has 2 atom stereocenters. The molecule has 0 aliphatic rings. The number of aliphatic carboxylic acids is 1. The van der Waals surface area contributed by atoms with Crippen molar-refractivity contribution >= 4 is 11.9 Å². The predicted molar refractivity (Wildman–Crippen MR) is 72.7 cm³/mol. The molecule has 0 rings (SSSR count). The third kappa shape index (κ3) is 7.79. The van der Waals surface area contributed by atoms with Crippen LogP contribution in [0.5, 0.6) is 0 Å². The Morgan fingerprint density at radius 3 is 2.32 bits per heavy atom. The van der Waals surface area contributed by atoms with E-state index in [0.717, 1.165) is 0 Å². The van der Waals surface area contributed by atoms with Crippen LogP contribution in [0.4, 0.5) is 0 Å². The fourth-order valence-corrected chi connectivity index (χ4v) is 1.80. The highest BCUT2D eigenvalue weighted by Gasteiger charge is 2.27. The molecular weight excluding hydrogens is 248 g/mol. The second-order valence-corrected chi connectivity index (χ2v) is 5.88. The molecule has 19 heavy (non-hydrogen) atoms. The van der Waals surface area contributed by atoms with Gasteiger partial charge in [0.2, 0.25) is 5.91 Å². The summed E-state index contributed by atoms with van der Waals surface area (Å²) in [7, 11) is 1.49. The second-order valence-electron chi connectivity index (χ2n) is 5.88. The largest absolute Gasteiger partial charge is 0.480 e. The molecule has 0 aliphatic carbocycles. The summed E-state index contributed by atoms with van der Waals surface area (Å²) in [6.07, 6.45) is 0.857. The molecule has 4 N–H and O–H groups in total. The van der Waals surface area contributed by atoms with Gasteiger partial charge < -0.3 is 20.9 Å². The van der Waals surface area contributed by atoms with E-state index in [-0.39, 0.29) is 36.8 Å². The molecule has 0 aliphatic heterocycles. The maximum atomic E-state index is 12.0. The summed E-state index contributed by atoms with van der Waals surface area (Å²) in [5.41, 5.74) is 5.56. The predicted octanol–water partition coefficient (Wildman–Crippen LogP) is 0.603. The number of ether oxygens (including phenoxy) is 1. The van der Waals surface area contributed by atoms with E-state index in [1.54, 1.807) is 0 Å². The van der Waals surface area contributed by atoms with E-state index >= 15 is 0 Å². The van der Waals surface area contributed by atoms with Gasteiger partial charge in [0, 0.05) is 26.7 Å². The van der Waals surface area contributed by atoms with Crippen molar-refractivity contribution in [2.24, 2.45) is 17.1 Å². The third-order valence-corrected chi connectivity index (χ3v) is 2.74. The van der Waals surface area contributed by atoms with Gasteiger partial charge in [-0.15, -0.1) is 0 Å². The summed E-state index contributed by atoms with van der Waals surface area (Å²) >= 11 is 0. The molecule has 0 heterocycles. The van der Waals surface area contributed by atoms with Crippen molar-refractivity contribution in [1.29, 1.82) is 0 Å². The summed E-state index contributed by atoms with van der Waals surface area (Å²) in [4.78, 5) is 23.1. The molecule has 0 aromatic heterocycles. The number of amides is 1. The minimum Gasteiger partial charge on any atom is -0.480 e. The van der Waals surface area contributed by atoms with Crippen LogP contribution in [-0.4, -0.2) is 43.3 Å². The summed E-state index contributed by atoms with van der Waals surface area (Å²) in [5.74, 6) is -1.73. The smallest absolute Gasteiger partial charge is 0.326 e. The Morgan fingerprint density at radius 1 is 1.37 bits per heavy atom. The van der Waals surface area contributed by atoms with Crippen LogP contribution in [0.15, 0.2) is 0 Å². The van der Waals surface area contributed by atoms with Gasteiger partial charge in [-0.05, 0) is 11.8 Å². The molecule has 0 aromatic rings. The van der Waals surface area contributed by atoms with Gasteiger partial charge >= 0.3 is 5.97 Å². The molecule has 0 radical (unpaired) electrons. The number of hydrogen-bond donors (Lipinski definition) is 3. The normalized spacial score (nSPS) is 14.8. The first-order valence-electron chi connectivity index (χ1n) is 6.43. The fraction of sp³-hybridized carbons (Fsp3) is 0.846. The first-order valence-corrected chi connectivity index (χ1v) is 6.43. The van der Waals surface area contributed by atoms with E-state index in [9.17, 15) is 9.59 Å². The average Bonchev–Trinajstić information content (AvgIpc) is 2.29. The standard InChI is InChI=1S/C13H26N2O4/c1-13(2,3)7-9(8-14)11(16)15-10(12(17)18)5-6-19-4/h9-10H,5-8,14H2,1-4H3,(H,15,16)(H,17,18). The topological polar surface area (TPSA) is 102 Å². The van der Waals surface area contributed by atoms with Gasteiger partial charge in [-0.2, -0.15) is 0 Å². The zero-order chi connectivity index (χ0) is 15.1. The first-order chi connectivity index (χ1) is 8.71. The summed E-state index contributed by atoms with van der Waals surface area (Å²) < 4.78 is 4.83. The van der Waals surface area contributed by atoms with Crippen LogP contribution in [0.1, 0.15) is 33.6 Å². The van der Waals surface area contributed by atoms with Crippen LogP contribution in [0.2, 0.25) is 0 Å². The molecule has 6 nitrogen and oxygen atoms in total. The van der Waals surface area contributed by atoms with Gasteiger partial charge in [0.15, 0.2) is 0 Å². The van der Waals surface area contributed by atoms with Gasteiger partial charge in [0.25, 0.3) is 0 Å². The molecule has 6 heteroatoms. The number of nitrogens with one attached hydrogen (secondary N) is 1. The average molecular weight is 274 g/mol. The second kappa shape index (κ2) is 8.12. The number of hydrogen-bond acceptors (Lipinski definition) is 4. The monoisotopic (exact) mass is 274 g/mol. The van der Waals surface area contributed by atoms with Crippen molar-refractivity contribution in [3.8, 4) is 0 Å². The highest BCUT2D eigenvalue weighted by atomic mass is 16.5. The van der Waals surface area contributed by atoms with Crippen LogP contribution in [0.25, 0.3) is 0 Å². The van der Waals surface area contributed by atoms with Crippen molar-refractivity contribution in [2.45, 2.75) is 39.7 Å². The Balaban J connectivity index is 4.55. The molecule has 0 fully saturated rings. The maximum Gasteiger partial charge on any atom is 0.326 e. The zero-order valence-corrected chi connectivity index (χ0v) is 12.2. The van der Waals surface area contributed by atoms with Crippen LogP contribution < -0.4 is 11.1 Å². The highest BCUT2D eigenvalue weighted by Crippen LogP contribution is 2.24. The number of carbonyl (C=O) groups is 2. The van der Waals surface area contributed by atoms with Crippen molar-refractivity contribution in [3.63, 3.8) is 0 Å². The van der Waals surface area contributed by atoms with Crippen LogP contribution >= 0.6 is 0 Å². The van der Waals surface area contributed by atoms with Crippen molar-refractivity contribution in [3.05, 3.63) is 0 Å². The van der Waals surface area contributed by atoms with Crippen LogP contribution in [0, 0.1) is 11.3 Å². The molecule has 0 saturated heterocycles. The van der Waals surface area contributed by atoms with Gasteiger partial charge in [-0.25, -0.2) is 4.79 Å². The van der Waals surface area contributed by atoms with E-state index in [0.29, 0.717) is 6.42 Å². The molecule has 1 amide bonds. The molecule has 0 bridgehead atoms. The SMILES string of the molecule is COCCC(NC(=O)C(CN)CC(C)(C)C)C(=O)O. The molecular formula is C13H26N2O4. The van der Waals surface area contributed by atoms with E-state index in [2.05, 4.69) is 5.32 Å². The maximum absolute atomic E-state index is 12.0. The molecule has 112 valence electrons. The number of rotatable bonds is 8. The lowest BCUT2D eigenvalue weighted by molar-refractivity contribution is -0.143. The van der Waals surface area contributed by atoms with Crippen molar-refractivity contribution in [2.75, 3.05) is 20.3 Å². The number of carboxylic acids is 1. The highest BCUT2D eigenvalue weighted by molar-refractivity contribution is 5.85. The van der Waals surface area contributed by atoms with Gasteiger partial charge in [0.05, 0.1) is 5.92 Å². The van der Waals surface area contributed by atoms with E-state index in [1.165, 1.54) is 7.11 Å². The molecule has 0 aromatic carbocycles. The minimum absolute atomic E-state index is 0.0351. The summed E-state index contributed by atoms with van der Waals surface area (Å²) in [6.45, 7) is 6.54. The van der Waals surface area contributed by atoms with Crippen LogP contribution in [-0.2, 0) is 14.3 Å². The lowest BCUT2D eigenvalue weighted by Gasteiger charge is -2.25. The molecule has 0 saturated carbocycles. The van der Waals surface area contributed by atoms with E-state index in [4.69, 9.17) is 15.6 Å². The van der Waals surface area contributed by atoms with Gasteiger partial charge in [-0.1, -0.05) is 20.8 Å². The van der Waals surface area contributed by atoms with Gasteiger partial charge in [0.1, 0.15) is 6.04 Å². The Labute approximate surface area is 114 Å². The Hall–Kier alpha value is -1.14. The van der Waals surface area contributed by atoms with E-state index < -0.39 is 12.0 Å². The fourth-order valence-electron chi connectivity index (χ4n) is 1.80. The first kappa shape index (κ1) is 17.9. The number of carboxylic acid groups (broad SMARTS) is 1. The quantitative estimate of drug-likeness (QED) is 0.601. The number of methoxy groups -OCH3 is 1. The summed E-state index contributed by atoms with van der Waals surface area (Å²) in [6, 6.07) is -0.929. The molecule has 2 unspecified atom stereocenters. The number of carbonyl (C=O) groups excluding carboxylic acids is 1. The summed E-state index contributed by atoms with van der Waals surface area (Å²) in [5, 5.41) is 11.6. The zero-order valence-electron chi connectivity index (χ0n) is 12.2. The minimum atomic E-state index is -1.06. The van der Waals surface area contributed by atoms with Crippen molar-refractivity contribution < 1.29 is 19.4 Å².